The zero-order chi connectivity index (χ0) is 14.7. The van der Waals surface area contributed by atoms with Gasteiger partial charge in [0, 0.05) is 28.7 Å². The third-order valence-electron chi connectivity index (χ3n) is 3.30. The predicted molar refractivity (Wildman–Crippen MR) is 77.8 cm³/mol. The summed E-state index contributed by atoms with van der Waals surface area (Å²) in [6.07, 6.45) is 0. The molecule has 1 unspecified atom stereocenters. The Bertz CT molecular complexity index is 584. The molecule has 0 bridgehead atoms. The lowest BCUT2D eigenvalue weighted by Crippen LogP contribution is -2.23. The summed E-state index contributed by atoms with van der Waals surface area (Å²) in [5.74, 6) is -1.10. The van der Waals surface area contributed by atoms with Crippen LogP contribution in [0.3, 0.4) is 0 Å². The Kier molecular flexibility index (Phi) is 4.73. The van der Waals surface area contributed by atoms with Gasteiger partial charge >= 0.3 is 0 Å². The first-order valence-corrected chi connectivity index (χ1v) is 6.81. The molecule has 4 heteroatoms. The van der Waals surface area contributed by atoms with E-state index < -0.39 is 11.6 Å². The van der Waals surface area contributed by atoms with Gasteiger partial charge in [-0.1, -0.05) is 29.8 Å². The van der Waals surface area contributed by atoms with E-state index in [2.05, 4.69) is 5.32 Å². The number of hydrogen-bond acceptors (Lipinski definition) is 1. The molecule has 1 N–H and O–H groups in total. The monoisotopic (exact) mass is 295 g/mol. The van der Waals surface area contributed by atoms with Crippen molar-refractivity contribution >= 4 is 11.6 Å². The van der Waals surface area contributed by atoms with Crippen LogP contribution in [0.15, 0.2) is 42.5 Å². The van der Waals surface area contributed by atoms with E-state index in [-0.39, 0.29) is 12.1 Å². The fourth-order valence-corrected chi connectivity index (χ4v) is 2.29. The van der Waals surface area contributed by atoms with E-state index in [1.54, 1.807) is 0 Å². The zero-order valence-electron chi connectivity index (χ0n) is 11.3. The molecular weight excluding hydrogens is 280 g/mol. The average Bonchev–Trinajstić information content (AvgIpc) is 2.39. The van der Waals surface area contributed by atoms with Gasteiger partial charge in [0.1, 0.15) is 11.6 Å². The molecule has 1 nitrogen and oxygen atoms in total. The molecule has 0 saturated heterocycles. The minimum absolute atomic E-state index is 0.0340. The molecule has 0 aromatic heterocycles. The molecule has 2 aromatic rings. The van der Waals surface area contributed by atoms with Crippen LogP contribution >= 0.6 is 11.6 Å². The summed E-state index contributed by atoms with van der Waals surface area (Å²) >= 11 is 5.85. The van der Waals surface area contributed by atoms with Gasteiger partial charge < -0.3 is 5.32 Å². The lowest BCUT2D eigenvalue weighted by molar-refractivity contribution is 0.470. The molecule has 0 aliphatic rings. The normalized spacial score (nSPS) is 14.1. The van der Waals surface area contributed by atoms with Gasteiger partial charge in [-0.3, -0.25) is 0 Å². The molecule has 2 rings (SSSR count). The number of rotatable bonds is 4. The number of halogens is 3. The molecule has 2 aromatic carbocycles. The van der Waals surface area contributed by atoms with Crippen molar-refractivity contribution in [3.63, 3.8) is 0 Å². The SMILES string of the molecule is CC(N[C@@H](C)c1ccc(Cl)cc1)c1ccc(F)cc1F. The second kappa shape index (κ2) is 6.33. The first-order valence-electron chi connectivity index (χ1n) is 6.44. The maximum atomic E-state index is 13.7. The summed E-state index contributed by atoms with van der Waals surface area (Å²) < 4.78 is 26.6. The Morgan fingerprint density at radius 3 is 2.20 bits per heavy atom. The van der Waals surface area contributed by atoms with Crippen LogP contribution in [-0.4, -0.2) is 0 Å². The number of nitrogens with one attached hydrogen (secondary N) is 1. The molecule has 2 atom stereocenters. The standard InChI is InChI=1S/C16H16ClF2N/c1-10(12-3-5-13(17)6-4-12)20-11(2)15-8-7-14(18)9-16(15)19/h3-11,20H,1-2H3/t10-,11?/m0/s1. The lowest BCUT2D eigenvalue weighted by Gasteiger charge is -2.21. The van der Waals surface area contributed by atoms with Gasteiger partial charge in [-0.25, -0.2) is 8.78 Å². The van der Waals surface area contributed by atoms with Crippen LogP contribution < -0.4 is 5.32 Å². The maximum absolute atomic E-state index is 13.7. The van der Waals surface area contributed by atoms with E-state index in [9.17, 15) is 8.78 Å². The van der Waals surface area contributed by atoms with Crippen LogP contribution in [0.1, 0.15) is 37.1 Å². The van der Waals surface area contributed by atoms with Crippen molar-refractivity contribution in [1.82, 2.24) is 5.32 Å². The molecule has 0 amide bonds. The molecule has 0 fully saturated rings. The van der Waals surface area contributed by atoms with Crippen LogP contribution in [0.25, 0.3) is 0 Å². The predicted octanol–water partition coefficient (Wildman–Crippen LogP) is 5.03. The molecule has 0 aliphatic heterocycles. The van der Waals surface area contributed by atoms with Gasteiger partial charge in [-0.05, 0) is 37.6 Å². The van der Waals surface area contributed by atoms with Gasteiger partial charge in [-0.15, -0.1) is 0 Å². The van der Waals surface area contributed by atoms with Crippen molar-refractivity contribution in [3.05, 3.63) is 70.2 Å². The van der Waals surface area contributed by atoms with Crippen molar-refractivity contribution in [2.24, 2.45) is 0 Å². The molecule has 20 heavy (non-hydrogen) atoms. The Morgan fingerprint density at radius 1 is 0.950 bits per heavy atom. The van der Waals surface area contributed by atoms with E-state index in [4.69, 9.17) is 11.6 Å². The highest BCUT2D eigenvalue weighted by atomic mass is 35.5. The van der Waals surface area contributed by atoms with E-state index >= 15 is 0 Å². The maximum Gasteiger partial charge on any atom is 0.130 e. The largest absolute Gasteiger partial charge is 0.304 e. The van der Waals surface area contributed by atoms with E-state index in [0.29, 0.717) is 10.6 Å². The minimum atomic E-state index is -0.566. The summed E-state index contributed by atoms with van der Waals surface area (Å²) in [5, 5.41) is 3.97. The molecule has 0 spiro atoms. The van der Waals surface area contributed by atoms with E-state index in [1.165, 1.54) is 12.1 Å². The summed E-state index contributed by atoms with van der Waals surface area (Å²) in [4.78, 5) is 0. The third-order valence-corrected chi connectivity index (χ3v) is 3.55. The Hall–Kier alpha value is -1.45. The van der Waals surface area contributed by atoms with Crippen molar-refractivity contribution < 1.29 is 8.78 Å². The summed E-state index contributed by atoms with van der Waals surface area (Å²) in [6, 6.07) is 10.9. The summed E-state index contributed by atoms with van der Waals surface area (Å²) in [6.45, 7) is 3.84. The Balaban J connectivity index is 2.10. The first-order chi connectivity index (χ1) is 9.47. The number of hydrogen-bond donors (Lipinski definition) is 1. The number of benzene rings is 2. The molecule has 0 saturated carbocycles. The Labute approximate surface area is 122 Å². The topological polar surface area (TPSA) is 12.0 Å². The highest BCUT2D eigenvalue weighted by molar-refractivity contribution is 6.30. The van der Waals surface area contributed by atoms with Crippen molar-refractivity contribution in [1.29, 1.82) is 0 Å². The average molecular weight is 296 g/mol. The van der Waals surface area contributed by atoms with Gasteiger partial charge in [0.2, 0.25) is 0 Å². The highest BCUT2D eigenvalue weighted by Crippen LogP contribution is 2.23. The van der Waals surface area contributed by atoms with Gasteiger partial charge in [0.05, 0.1) is 0 Å². The Morgan fingerprint density at radius 2 is 1.60 bits per heavy atom. The minimum Gasteiger partial charge on any atom is -0.304 e. The second-order valence-electron chi connectivity index (χ2n) is 4.83. The quantitative estimate of drug-likeness (QED) is 0.834. The van der Waals surface area contributed by atoms with Crippen molar-refractivity contribution in [2.45, 2.75) is 25.9 Å². The summed E-state index contributed by atoms with van der Waals surface area (Å²) in [5.41, 5.74) is 1.51. The fraction of sp³-hybridized carbons (Fsp3) is 0.250. The van der Waals surface area contributed by atoms with Crippen LogP contribution in [0, 0.1) is 11.6 Å². The third kappa shape index (κ3) is 3.56. The zero-order valence-corrected chi connectivity index (χ0v) is 12.1. The van der Waals surface area contributed by atoms with Crippen molar-refractivity contribution in [2.75, 3.05) is 0 Å². The van der Waals surface area contributed by atoms with Crippen LogP contribution in [0.5, 0.6) is 0 Å². The van der Waals surface area contributed by atoms with Crippen LogP contribution in [0.2, 0.25) is 5.02 Å². The van der Waals surface area contributed by atoms with E-state index in [0.717, 1.165) is 11.6 Å². The summed E-state index contributed by atoms with van der Waals surface area (Å²) in [7, 11) is 0. The fourth-order valence-electron chi connectivity index (χ4n) is 2.17. The van der Waals surface area contributed by atoms with E-state index in [1.807, 2.05) is 38.1 Å². The molecule has 106 valence electrons. The smallest absolute Gasteiger partial charge is 0.130 e. The van der Waals surface area contributed by atoms with Gasteiger partial charge in [0.15, 0.2) is 0 Å². The molecule has 0 aliphatic carbocycles. The highest BCUT2D eigenvalue weighted by Gasteiger charge is 2.15. The van der Waals surface area contributed by atoms with Crippen LogP contribution in [0.4, 0.5) is 8.78 Å². The molecule has 0 radical (unpaired) electrons. The first kappa shape index (κ1) is 14.9. The van der Waals surface area contributed by atoms with Gasteiger partial charge in [0.25, 0.3) is 0 Å². The lowest BCUT2D eigenvalue weighted by atomic mass is 10.0. The second-order valence-corrected chi connectivity index (χ2v) is 5.26. The molecular formula is C16H16ClF2N. The molecule has 0 heterocycles. The van der Waals surface area contributed by atoms with Gasteiger partial charge in [-0.2, -0.15) is 0 Å². The van der Waals surface area contributed by atoms with Crippen molar-refractivity contribution in [3.8, 4) is 0 Å². The van der Waals surface area contributed by atoms with Crippen LogP contribution in [-0.2, 0) is 0 Å².